The lowest BCUT2D eigenvalue weighted by molar-refractivity contribution is -0.145. The van der Waals surface area contributed by atoms with Crippen LogP contribution in [-0.2, 0) is 6.18 Å². The van der Waals surface area contributed by atoms with Gasteiger partial charge < -0.3 is 14.7 Å². The molecule has 2 saturated heterocycles. The number of carbonyl (C=O) groups is 1. The smallest absolute Gasteiger partial charge is 0.451 e. The molecule has 7 nitrogen and oxygen atoms in total. The van der Waals surface area contributed by atoms with E-state index in [0.29, 0.717) is 32.7 Å². The Balaban J connectivity index is 1.44. The first-order valence-corrected chi connectivity index (χ1v) is 12.4. The van der Waals surface area contributed by atoms with Crippen LogP contribution in [0.15, 0.2) is 24.5 Å². The van der Waals surface area contributed by atoms with Crippen molar-refractivity contribution < 1.29 is 27.8 Å². The van der Waals surface area contributed by atoms with Crippen LogP contribution in [-0.4, -0.2) is 69.2 Å². The van der Waals surface area contributed by atoms with Gasteiger partial charge in [-0.2, -0.15) is 13.2 Å². The Kier molecular flexibility index (Phi) is 7.85. The fourth-order valence-electron chi connectivity index (χ4n) is 5.21. The number of alkyl halides is 3. The molecule has 3 atom stereocenters. The van der Waals surface area contributed by atoms with Crippen molar-refractivity contribution in [3.63, 3.8) is 0 Å². The number of piperazine rings is 1. The number of rotatable bonds is 6. The molecule has 1 unspecified atom stereocenters. The maximum atomic E-state index is 13.0. The van der Waals surface area contributed by atoms with Gasteiger partial charge in [0, 0.05) is 50.5 Å². The molecule has 2 aliphatic heterocycles. The Morgan fingerprint density at radius 3 is 2.56 bits per heavy atom. The summed E-state index contributed by atoms with van der Waals surface area (Å²) in [5, 5.41) is 9.48. The molecular weight excluding hydrogens is 473 g/mol. The van der Waals surface area contributed by atoms with Crippen molar-refractivity contribution in [2.75, 3.05) is 26.2 Å². The summed E-state index contributed by atoms with van der Waals surface area (Å²) in [6.45, 7) is 8.07. The molecule has 1 amide bonds. The highest BCUT2D eigenvalue weighted by molar-refractivity contribution is 5.93. The molecule has 0 spiro atoms. The minimum atomic E-state index is -4.64. The van der Waals surface area contributed by atoms with Crippen LogP contribution in [0.5, 0.6) is 5.75 Å². The number of halogens is 3. The van der Waals surface area contributed by atoms with Gasteiger partial charge in [-0.1, -0.05) is 6.07 Å². The number of aliphatic hydroxyl groups is 1. The third kappa shape index (κ3) is 5.64. The highest BCUT2D eigenvalue weighted by Crippen LogP contribution is 2.39. The van der Waals surface area contributed by atoms with Gasteiger partial charge in [-0.15, -0.1) is 0 Å². The second kappa shape index (κ2) is 10.7. The third-order valence-corrected chi connectivity index (χ3v) is 7.31. The molecule has 2 fully saturated rings. The molecule has 0 saturated carbocycles. The second-order valence-electron chi connectivity index (χ2n) is 9.77. The van der Waals surface area contributed by atoms with E-state index in [9.17, 15) is 23.1 Å². The average molecular weight is 507 g/mol. The van der Waals surface area contributed by atoms with Crippen LogP contribution in [0.2, 0.25) is 0 Å². The van der Waals surface area contributed by atoms with E-state index in [4.69, 9.17) is 4.74 Å². The van der Waals surface area contributed by atoms with Crippen LogP contribution in [0.4, 0.5) is 13.2 Å². The Labute approximate surface area is 209 Å². The molecule has 10 heteroatoms. The fraction of sp³-hybridized carbons (Fsp3) is 0.577. The van der Waals surface area contributed by atoms with E-state index in [0.717, 1.165) is 43.0 Å². The van der Waals surface area contributed by atoms with Gasteiger partial charge in [-0.3, -0.25) is 9.69 Å². The summed E-state index contributed by atoms with van der Waals surface area (Å²) >= 11 is 0. The summed E-state index contributed by atoms with van der Waals surface area (Å²) in [5.41, 5.74) is 3.62. The average Bonchev–Trinajstić information content (AvgIpc) is 2.85. The normalized spacial score (nSPS) is 21.7. The Hall–Kier alpha value is -2.72. The van der Waals surface area contributed by atoms with Crippen molar-refractivity contribution in [2.45, 2.75) is 70.8 Å². The number of benzene rings is 1. The molecule has 36 heavy (non-hydrogen) atoms. The van der Waals surface area contributed by atoms with E-state index >= 15 is 0 Å². The van der Waals surface area contributed by atoms with Gasteiger partial charge >= 0.3 is 6.18 Å². The summed E-state index contributed by atoms with van der Waals surface area (Å²) in [4.78, 5) is 23.8. The van der Waals surface area contributed by atoms with E-state index in [2.05, 4.69) is 34.8 Å². The number of hydrogen-bond donors (Lipinski definition) is 1. The van der Waals surface area contributed by atoms with Crippen LogP contribution in [0, 0.1) is 13.8 Å². The van der Waals surface area contributed by atoms with Crippen LogP contribution in [0.3, 0.4) is 0 Å². The molecule has 2 aromatic rings. The molecule has 196 valence electrons. The Morgan fingerprint density at radius 2 is 1.89 bits per heavy atom. The van der Waals surface area contributed by atoms with Crippen molar-refractivity contribution in [3.8, 4) is 5.75 Å². The lowest BCUT2D eigenvalue weighted by Crippen LogP contribution is -2.57. The van der Waals surface area contributed by atoms with Crippen molar-refractivity contribution >= 4 is 5.91 Å². The van der Waals surface area contributed by atoms with Crippen molar-refractivity contribution in [3.05, 3.63) is 52.6 Å². The van der Waals surface area contributed by atoms with E-state index in [-0.39, 0.29) is 23.6 Å². The van der Waals surface area contributed by atoms with Gasteiger partial charge in [-0.25, -0.2) is 9.97 Å². The van der Waals surface area contributed by atoms with Crippen LogP contribution in [0.25, 0.3) is 0 Å². The maximum absolute atomic E-state index is 13.0. The minimum Gasteiger partial charge on any atom is -0.493 e. The van der Waals surface area contributed by atoms with Gasteiger partial charge in [0.05, 0.1) is 18.3 Å². The molecule has 4 rings (SSSR count). The third-order valence-electron chi connectivity index (χ3n) is 7.31. The quantitative estimate of drug-likeness (QED) is 0.629. The van der Waals surface area contributed by atoms with Crippen LogP contribution in [0.1, 0.15) is 71.5 Å². The molecule has 0 bridgehead atoms. The van der Waals surface area contributed by atoms with Crippen molar-refractivity contribution in [2.24, 2.45) is 0 Å². The summed E-state index contributed by atoms with van der Waals surface area (Å²) < 4.78 is 44.2. The van der Waals surface area contributed by atoms with E-state index < -0.39 is 18.1 Å². The molecule has 3 heterocycles. The van der Waals surface area contributed by atoms with Gasteiger partial charge in [0.15, 0.2) is 0 Å². The molecule has 1 N–H and O–H groups in total. The Bertz CT molecular complexity index is 1080. The monoisotopic (exact) mass is 506 g/mol. The number of hydrogen-bond acceptors (Lipinski definition) is 6. The SMILES string of the molecule is Cc1c(OCC[C@H](C)O)ccc([C@H]2CCCC3CN(C(=O)c4cnc(C(F)(F)F)nc4)CCN32)c1C. The second-order valence-corrected chi connectivity index (χ2v) is 9.77. The molecular formula is C26H33F3N4O3. The summed E-state index contributed by atoms with van der Waals surface area (Å²) in [6.07, 6.45) is 0.484. The highest BCUT2D eigenvalue weighted by atomic mass is 19.4. The predicted octanol–water partition coefficient (Wildman–Crippen LogP) is 4.31. The maximum Gasteiger partial charge on any atom is 0.451 e. The topological polar surface area (TPSA) is 78.8 Å². The molecule has 1 aromatic heterocycles. The zero-order valence-electron chi connectivity index (χ0n) is 20.9. The van der Waals surface area contributed by atoms with Gasteiger partial charge in [0.1, 0.15) is 5.75 Å². The van der Waals surface area contributed by atoms with Gasteiger partial charge in [0.2, 0.25) is 5.82 Å². The number of aliphatic hydroxyl groups excluding tert-OH is 1. The zero-order valence-corrected chi connectivity index (χ0v) is 20.9. The van der Waals surface area contributed by atoms with Crippen LogP contribution >= 0.6 is 0 Å². The predicted molar refractivity (Wildman–Crippen MR) is 128 cm³/mol. The highest BCUT2D eigenvalue weighted by Gasteiger charge is 2.38. The minimum absolute atomic E-state index is 0.0708. The largest absolute Gasteiger partial charge is 0.493 e. The summed E-state index contributed by atoms with van der Waals surface area (Å²) in [5.74, 6) is -0.751. The summed E-state index contributed by atoms with van der Waals surface area (Å²) in [6, 6.07) is 4.55. The van der Waals surface area contributed by atoms with Crippen LogP contribution < -0.4 is 4.74 Å². The number of aromatic nitrogens is 2. The van der Waals surface area contributed by atoms with E-state index in [1.54, 1.807) is 11.8 Å². The van der Waals surface area contributed by atoms with Gasteiger partial charge in [0.25, 0.3) is 5.91 Å². The lowest BCUT2D eigenvalue weighted by atomic mass is 9.86. The first kappa shape index (κ1) is 26.3. The number of amides is 1. The number of carbonyl (C=O) groups excluding carboxylic acids is 1. The number of piperidine rings is 1. The number of nitrogens with zero attached hydrogens (tertiary/aromatic N) is 4. The first-order valence-electron chi connectivity index (χ1n) is 12.4. The number of fused-ring (bicyclic) bond motifs is 1. The Morgan fingerprint density at radius 1 is 1.17 bits per heavy atom. The zero-order chi connectivity index (χ0) is 26.0. The molecule has 2 aliphatic rings. The van der Waals surface area contributed by atoms with Crippen molar-refractivity contribution in [1.82, 2.24) is 19.8 Å². The van der Waals surface area contributed by atoms with E-state index in [1.165, 1.54) is 11.1 Å². The molecule has 0 radical (unpaired) electrons. The molecule has 1 aromatic carbocycles. The summed E-state index contributed by atoms with van der Waals surface area (Å²) in [7, 11) is 0. The fourth-order valence-corrected chi connectivity index (χ4v) is 5.21. The lowest BCUT2D eigenvalue weighted by Gasteiger charge is -2.48. The first-order chi connectivity index (χ1) is 17.1. The molecule has 0 aliphatic carbocycles. The standard InChI is InChI=1S/C26H33F3N4O3/c1-16(34)9-12-36-23-8-7-21(17(2)18(23)3)22-6-4-5-20-15-32(10-11-33(20)22)24(35)19-13-30-25(31-14-19)26(27,28)29/h7-8,13-14,16,20,22,34H,4-6,9-12,15H2,1-3H3/t16-,20?,22+/m0/s1. The van der Waals surface area contributed by atoms with Crippen molar-refractivity contribution in [1.29, 1.82) is 0 Å². The van der Waals surface area contributed by atoms with Gasteiger partial charge in [-0.05, 0) is 62.8 Å². The number of ether oxygens (including phenoxy) is 1. The van der Waals surface area contributed by atoms with E-state index in [1.807, 2.05) is 6.07 Å².